The van der Waals surface area contributed by atoms with Gasteiger partial charge in [0.25, 0.3) is 5.56 Å². The molecule has 2 aromatic heterocycles. The lowest BCUT2D eigenvalue weighted by Crippen LogP contribution is -2.12. The molecule has 0 radical (unpaired) electrons. The molecule has 0 atom stereocenters. The molecule has 0 spiro atoms. The van der Waals surface area contributed by atoms with Crippen LogP contribution in [-0.4, -0.2) is 19.7 Å². The summed E-state index contributed by atoms with van der Waals surface area (Å²) in [5, 5.41) is 4.31. The molecule has 24 heavy (non-hydrogen) atoms. The van der Waals surface area contributed by atoms with Crippen molar-refractivity contribution in [2.24, 2.45) is 7.05 Å². The van der Waals surface area contributed by atoms with Crippen LogP contribution in [0.2, 0.25) is 0 Å². The predicted octanol–water partition coefficient (Wildman–Crippen LogP) is 3.29. The lowest BCUT2D eigenvalue weighted by Gasteiger charge is -2.07. The van der Waals surface area contributed by atoms with Crippen molar-refractivity contribution in [2.75, 3.05) is 0 Å². The van der Waals surface area contributed by atoms with Crippen molar-refractivity contribution in [1.82, 2.24) is 19.7 Å². The van der Waals surface area contributed by atoms with Crippen LogP contribution in [0.15, 0.2) is 29.1 Å². The normalized spacial score (nSPS) is 12.0. The van der Waals surface area contributed by atoms with Gasteiger partial charge in [0.2, 0.25) is 0 Å². The van der Waals surface area contributed by atoms with Gasteiger partial charge >= 0.3 is 6.18 Å². The van der Waals surface area contributed by atoms with Crippen LogP contribution in [0.5, 0.6) is 0 Å². The van der Waals surface area contributed by atoms with E-state index in [9.17, 15) is 18.0 Å². The Kier molecular flexibility index (Phi) is 3.90. The molecule has 0 amide bonds. The third-order valence-corrected chi connectivity index (χ3v) is 3.74. The Labute approximate surface area is 135 Å². The number of rotatable bonds is 3. The number of alkyl halides is 3. The number of aromatic amines is 1. The first-order valence-corrected chi connectivity index (χ1v) is 7.44. The van der Waals surface area contributed by atoms with E-state index in [1.807, 2.05) is 6.92 Å². The van der Waals surface area contributed by atoms with Gasteiger partial charge in [0.15, 0.2) is 5.52 Å². The molecule has 8 heteroatoms. The van der Waals surface area contributed by atoms with Crippen LogP contribution in [0.1, 0.15) is 24.6 Å². The monoisotopic (exact) mass is 336 g/mol. The summed E-state index contributed by atoms with van der Waals surface area (Å²) >= 11 is 0. The summed E-state index contributed by atoms with van der Waals surface area (Å²) in [5.74, 6) is 0.228. The van der Waals surface area contributed by atoms with Gasteiger partial charge in [-0.1, -0.05) is 25.5 Å². The second-order valence-electron chi connectivity index (χ2n) is 5.51. The number of hydrogen-bond donors (Lipinski definition) is 1. The molecular formula is C16H15F3N4O. The molecule has 0 saturated carbocycles. The highest BCUT2D eigenvalue weighted by Gasteiger charge is 2.30. The summed E-state index contributed by atoms with van der Waals surface area (Å²) in [6.45, 7) is 1.99. The molecule has 5 nitrogen and oxygen atoms in total. The van der Waals surface area contributed by atoms with Crippen molar-refractivity contribution in [2.45, 2.75) is 25.9 Å². The zero-order chi connectivity index (χ0) is 17.5. The number of aromatic nitrogens is 4. The quantitative estimate of drug-likeness (QED) is 0.798. The molecule has 2 heterocycles. The van der Waals surface area contributed by atoms with E-state index in [0.717, 1.165) is 18.6 Å². The summed E-state index contributed by atoms with van der Waals surface area (Å²) in [7, 11) is 1.66. The van der Waals surface area contributed by atoms with Gasteiger partial charge in [-0.25, -0.2) is 4.98 Å². The van der Waals surface area contributed by atoms with Crippen molar-refractivity contribution in [3.05, 3.63) is 45.9 Å². The van der Waals surface area contributed by atoms with Crippen molar-refractivity contribution in [1.29, 1.82) is 0 Å². The maximum atomic E-state index is 12.7. The van der Waals surface area contributed by atoms with Crippen molar-refractivity contribution in [3.63, 3.8) is 0 Å². The van der Waals surface area contributed by atoms with Crippen LogP contribution in [0.4, 0.5) is 13.2 Å². The molecule has 0 saturated heterocycles. The molecule has 0 aliphatic carbocycles. The lowest BCUT2D eigenvalue weighted by atomic mass is 10.1. The number of benzene rings is 1. The maximum Gasteiger partial charge on any atom is 0.416 e. The van der Waals surface area contributed by atoms with Crippen LogP contribution in [-0.2, 0) is 19.6 Å². The van der Waals surface area contributed by atoms with Crippen LogP contribution in [0.3, 0.4) is 0 Å². The van der Waals surface area contributed by atoms with Crippen LogP contribution >= 0.6 is 0 Å². The first kappa shape index (κ1) is 16.2. The summed E-state index contributed by atoms with van der Waals surface area (Å²) in [5.41, 5.74) is 0.838. The third-order valence-electron chi connectivity index (χ3n) is 3.74. The Balaban J connectivity index is 2.13. The number of nitrogens with one attached hydrogen (secondary N) is 1. The Morgan fingerprint density at radius 2 is 1.88 bits per heavy atom. The smallest absolute Gasteiger partial charge is 0.305 e. The van der Waals surface area contributed by atoms with Crippen molar-refractivity contribution < 1.29 is 13.2 Å². The Morgan fingerprint density at radius 1 is 1.21 bits per heavy atom. The molecule has 0 unspecified atom stereocenters. The number of fused-ring (bicyclic) bond motifs is 1. The molecule has 1 aromatic carbocycles. The van der Waals surface area contributed by atoms with E-state index in [1.54, 1.807) is 7.05 Å². The van der Waals surface area contributed by atoms with Gasteiger partial charge < -0.3 is 4.98 Å². The lowest BCUT2D eigenvalue weighted by molar-refractivity contribution is -0.137. The van der Waals surface area contributed by atoms with E-state index in [1.165, 1.54) is 16.8 Å². The van der Waals surface area contributed by atoms with Gasteiger partial charge in [-0.15, -0.1) is 0 Å². The average molecular weight is 336 g/mol. The van der Waals surface area contributed by atoms with Gasteiger partial charge in [-0.2, -0.15) is 18.3 Å². The minimum Gasteiger partial charge on any atom is -0.305 e. The standard InChI is InChI=1S/C16H15F3N4O/c1-3-4-11-12-13(23(2)22-11)15(24)21-14(20-12)9-5-7-10(8-6-9)16(17,18)19/h5-8H,3-4H2,1-2H3,(H,20,21,24). The topological polar surface area (TPSA) is 63.6 Å². The van der Waals surface area contributed by atoms with E-state index in [0.29, 0.717) is 28.7 Å². The molecule has 3 aromatic rings. The zero-order valence-corrected chi connectivity index (χ0v) is 13.1. The van der Waals surface area contributed by atoms with Crippen LogP contribution in [0, 0.1) is 0 Å². The van der Waals surface area contributed by atoms with Crippen LogP contribution in [0.25, 0.3) is 22.4 Å². The van der Waals surface area contributed by atoms with E-state index >= 15 is 0 Å². The first-order chi connectivity index (χ1) is 11.3. The summed E-state index contributed by atoms with van der Waals surface area (Å²) in [4.78, 5) is 19.3. The fourth-order valence-electron chi connectivity index (χ4n) is 2.61. The van der Waals surface area contributed by atoms with Gasteiger partial charge in [0.1, 0.15) is 11.3 Å². The summed E-state index contributed by atoms with van der Waals surface area (Å²) < 4.78 is 39.4. The highest BCUT2D eigenvalue weighted by Crippen LogP contribution is 2.30. The van der Waals surface area contributed by atoms with E-state index in [-0.39, 0.29) is 11.4 Å². The first-order valence-electron chi connectivity index (χ1n) is 7.44. The number of aryl methyl sites for hydroxylation is 2. The summed E-state index contributed by atoms with van der Waals surface area (Å²) in [6, 6.07) is 4.52. The Bertz CT molecular complexity index is 939. The van der Waals surface area contributed by atoms with E-state index < -0.39 is 11.7 Å². The Morgan fingerprint density at radius 3 is 2.46 bits per heavy atom. The summed E-state index contributed by atoms with van der Waals surface area (Å²) in [6.07, 6.45) is -2.89. The average Bonchev–Trinajstić information content (AvgIpc) is 2.83. The highest BCUT2D eigenvalue weighted by atomic mass is 19.4. The SMILES string of the molecule is CCCc1nn(C)c2c(=O)[nH]c(-c3ccc(C(F)(F)F)cc3)nc12. The molecular weight excluding hydrogens is 321 g/mol. The van der Waals surface area contributed by atoms with Gasteiger partial charge in [-0.05, 0) is 18.6 Å². The fraction of sp³-hybridized carbons (Fsp3) is 0.312. The molecule has 0 fully saturated rings. The molecule has 0 aliphatic heterocycles. The second kappa shape index (κ2) is 5.77. The number of hydrogen-bond acceptors (Lipinski definition) is 3. The van der Waals surface area contributed by atoms with E-state index in [4.69, 9.17) is 0 Å². The van der Waals surface area contributed by atoms with Crippen LogP contribution < -0.4 is 5.56 Å². The van der Waals surface area contributed by atoms with E-state index in [2.05, 4.69) is 15.1 Å². The van der Waals surface area contributed by atoms with Gasteiger partial charge in [0.05, 0.1) is 11.3 Å². The maximum absolute atomic E-state index is 12.7. The zero-order valence-electron chi connectivity index (χ0n) is 13.1. The largest absolute Gasteiger partial charge is 0.416 e. The third kappa shape index (κ3) is 2.79. The molecule has 126 valence electrons. The minimum atomic E-state index is -4.40. The van der Waals surface area contributed by atoms with Gasteiger partial charge in [0, 0.05) is 12.6 Å². The predicted molar refractivity (Wildman–Crippen MR) is 83.6 cm³/mol. The van der Waals surface area contributed by atoms with Crippen molar-refractivity contribution in [3.8, 4) is 11.4 Å². The Hall–Kier alpha value is -2.64. The molecule has 3 rings (SSSR count). The molecule has 1 N–H and O–H groups in total. The number of H-pyrrole nitrogens is 1. The molecule has 0 bridgehead atoms. The minimum absolute atomic E-state index is 0.228. The number of nitrogens with zero attached hydrogens (tertiary/aromatic N) is 3. The highest BCUT2D eigenvalue weighted by molar-refractivity contribution is 5.78. The second-order valence-corrected chi connectivity index (χ2v) is 5.51. The van der Waals surface area contributed by atoms with Crippen molar-refractivity contribution >= 4 is 11.0 Å². The van der Waals surface area contributed by atoms with Gasteiger partial charge in [-0.3, -0.25) is 9.48 Å². The number of halogens is 3. The fourth-order valence-corrected chi connectivity index (χ4v) is 2.61. The molecule has 0 aliphatic rings.